The molecule has 0 fully saturated rings. The van der Waals surface area contributed by atoms with Crippen LogP contribution < -0.4 is 15.6 Å². The fourth-order valence-corrected chi connectivity index (χ4v) is 4.62. The first-order valence-corrected chi connectivity index (χ1v) is 13.1. The van der Waals surface area contributed by atoms with Crippen molar-refractivity contribution >= 4 is 40.3 Å². The molecule has 0 aliphatic carbocycles. The number of nitrogens with zero attached hydrogens (tertiary/aromatic N) is 6. The Morgan fingerprint density at radius 3 is 2.54 bits per heavy atom. The minimum Gasteiger partial charge on any atom is -0.382 e. The molecule has 0 unspecified atom stereocenters. The Morgan fingerprint density at radius 1 is 1.14 bits per heavy atom. The van der Waals surface area contributed by atoms with Gasteiger partial charge in [0.25, 0.3) is 17.6 Å². The van der Waals surface area contributed by atoms with Crippen LogP contribution in [0.3, 0.4) is 0 Å². The van der Waals surface area contributed by atoms with Crippen molar-refractivity contribution in [2.45, 2.75) is 52.7 Å². The van der Waals surface area contributed by atoms with Crippen molar-refractivity contribution in [2.24, 2.45) is 0 Å². The first kappa shape index (κ1) is 28.3. The van der Waals surface area contributed by atoms with Gasteiger partial charge < -0.3 is 20.9 Å². The molecule has 0 atom stereocenters. The van der Waals surface area contributed by atoms with Crippen molar-refractivity contribution in [3.63, 3.8) is 0 Å². The summed E-state index contributed by atoms with van der Waals surface area (Å²) in [6, 6.07) is 5.81. The van der Waals surface area contributed by atoms with Gasteiger partial charge in [0.05, 0.1) is 19.3 Å². The van der Waals surface area contributed by atoms with E-state index in [0.29, 0.717) is 18.7 Å². The minimum absolute atomic E-state index is 0.00581. The van der Waals surface area contributed by atoms with E-state index in [1.165, 1.54) is 6.20 Å². The standard InChI is InChI=1S/C26H37ClN8O2/c1-6-34-19-12-11-18(26(37)33(5)14-10-8-9-13-32(3)4)15-20(19)35(7-2)22(34)17-30-25(36)23-24(28)29-16-21(27)31-23/h11-12,15-16H,6-10,13-14,17H2,1-5H3,(H2-,28,29,30,36)/p+1. The van der Waals surface area contributed by atoms with Gasteiger partial charge in [-0.2, -0.15) is 0 Å². The third-order valence-corrected chi connectivity index (χ3v) is 6.58. The molecule has 11 heteroatoms. The van der Waals surface area contributed by atoms with Crippen LogP contribution in [0.1, 0.15) is 59.8 Å². The number of imidazole rings is 1. The Hall–Kier alpha value is -3.24. The van der Waals surface area contributed by atoms with Gasteiger partial charge in [-0.25, -0.2) is 19.1 Å². The van der Waals surface area contributed by atoms with Crippen molar-refractivity contribution < 1.29 is 14.2 Å². The Morgan fingerprint density at radius 2 is 1.86 bits per heavy atom. The summed E-state index contributed by atoms with van der Waals surface area (Å²) < 4.78 is 4.25. The maximum absolute atomic E-state index is 13.2. The number of anilines is 1. The molecule has 3 N–H and O–H groups in total. The van der Waals surface area contributed by atoms with Crippen molar-refractivity contribution in [3.8, 4) is 0 Å². The van der Waals surface area contributed by atoms with E-state index in [-0.39, 0.29) is 29.1 Å². The van der Waals surface area contributed by atoms with Crippen molar-refractivity contribution in [2.75, 3.05) is 40.0 Å². The molecule has 2 aromatic heterocycles. The number of nitrogen functional groups attached to an aromatic ring is 1. The Kier molecular flexibility index (Phi) is 9.82. The molecule has 37 heavy (non-hydrogen) atoms. The predicted octanol–water partition coefficient (Wildman–Crippen LogP) is 2.73. The summed E-state index contributed by atoms with van der Waals surface area (Å²) in [6.45, 7) is 7.50. The van der Waals surface area contributed by atoms with Gasteiger partial charge in [0.2, 0.25) is 0 Å². The molecule has 0 aliphatic heterocycles. The number of hydrogen-bond acceptors (Lipinski definition) is 6. The second-order valence-electron chi connectivity index (χ2n) is 9.31. The number of aromatic nitrogens is 4. The van der Waals surface area contributed by atoms with Crippen LogP contribution in [0, 0.1) is 0 Å². The highest BCUT2D eigenvalue weighted by Crippen LogP contribution is 2.19. The molecule has 0 saturated carbocycles. The van der Waals surface area contributed by atoms with E-state index in [1.807, 2.05) is 39.1 Å². The van der Waals surface area contributed by atoms with Crippen LogP contribution in [0.5, 0.6) is 0 Å². The van der Waals surface area contributed by atoms with Gasteiger partial charge in [0.15, 0.2) is 22.5 Å². The first-order chi connectivity index (χ1) is 17.7. The number of hydrogen-bond donors (Lipinski definition) is 2. The molecular weight excluding hydrogens is 492 g/mol. The van der Waals surface area contributed by atoms with Crippen molar-refractivity contribution in [1.29, 1.82) is 0 Å². The zero-order valence-corrected chi connectivity index (χ0v) is 23.2. The molecule has 0 saturated heterocycles. The maximum atomic E-state index is 13.2. The zero-order valence-electron chi connectivity index (χ0n) is 22.4. The molecular formula is C26H38ClN8O2+. The Bertz CT molecular complexity index is 1260. The van der Waals surface area contributed by atoms with Gasteiger partial charge in [0, 0.05) is 25.2 Å². The maximum Gasteiger partial charge on any atom is 0.277 e. The number of carbonyl (C=O) groups excluding carboxylic acids is 2. The van der Waals surface area contributed by atoms with Crippen LogP contribution >= 0.6 is 11.6 Å². The molecule has 10 nitrogen and oxygen atoms in total. The highest BCUT2D eigenvalue weighted by Gasteiger charge is 2.26. The average molecular weight is 530 g/mol. The van der Waals surface area contributed by atoms with E-state index in [2.05, 4.69) is 43.4 Å². The molecule has 3 rings (SSSR count). The van der Waals surface area contributed by atoms with Crippen LogP contribution in [0.2, 0.25) is 5.15 Å². The lowest BCUT2D eigenvalue weighted by Gasteiger charge is -2.17. The Labute approximate surface area is 223 Å². The lowest BCUT2D eigenvalue weighted by Crippen LogP contribution is -2.40. The lowest BCUT2D eigenvalue weighted by atomic mass is 10.1. The van der Waals surface area contributed by atoms with Gasteiger partial charge in [-0.1, -0.05) is 18.0 Å². The zero-order chi connectivity index (χ0) is 27.1. The number of rotatable bonds is 12. The third-order valence-electron chi connectivity index (χ3n) is 6.40. The average Bonchev–Trinajstić information content (AvgIpc) is 3.19. The fourth-order valence-electron chi connectivity index (χ4n) is 4.48. The van der Waals surface area contributed by atoms with Crippen LogP contribution in [0.15, 0.2) is 24.4 Å². The van der Waals surface area contributed by atoms with E-state index < -0.39 is 5.91 Å². The van der Waals surface area contributed by atoms with Gasteiger partial charge in [0.1, 0.15) is 11.7 Å². The number of amides is 2. The van der Waals surface area contributed by atoms with Crippen LogP contribution in [-0.2, 0) is 19.6 Å². The highest BCUT2D eigenvalue weighted by atomic mass is 35.5. The summed E-state index contributed by atoms with van der Waals surface area (Å²) >= 11 is 5.89. The summed E-state index contributed by atoms with van der Waals surface area (Å²) in [5.41, 5.74) is 8.40. The number of fused-ring (bicyclic) bond motifs is 1. The normalized spacial score (nSPS) is 11.3. The number of benzene rings is 1. The number of halogens is 1. The molecule has 200 valence electrons. The third kappa shape index (κ3) is 6.75. The van der Waals surface area contributed by atoms with Gasteiger partial charge in [-0.3, -0.25) is 9.59 Å². The number of carbonyl (C=O) groups is 2. The van der Waals surface area contributed by atoms with Gasteiger partial charge in [-0.05, 0) is 59.5 Å². The summed E-state index contributed by atoms with van der Waals surface area (Å²) in [5, 5.41) is 2.99. The summed E-state index contributed by atoms with van der Waals surface area (Å²) in [5.74, 6) is 0.476. The van der Waals surface area contributed by atoms with Crippen LogP contribution in [-0.4, -0.2) is 70.4 Å². The van der Waals surface area contributed by atoms with E-state index in [9.17, 15) is 9.59 Å². The number of nitrogens with one attached hydrogen (secondary N) is 1. The second-order valence-corrected chi connectivity index (χ2v) is 9.70. The first-order valence-electron chi connectivity index (χ1n) is 12.7. The molecule has 0 radical (unpaired) electrons. The minimum atomic E-state index is -0.453. The van der Waals surface area contributed by atoms with Crippen molar-refractivity contribution in [3.05, 3.63) is 46.6 Å². The van der Waals surface area contributed by atoms with Gasteiger partial charge >= 0.3 is 0 Å². The quantitative estimate of drug-likeness (QED) is 0.275. The van der Waals surface area contributed by atoms with E-state index in [1.54, 1.807) is 4.90 Å². The molecule has 0 bridgehead atoms. The van der Waals surface area contributed by atoms with E-state index in [0.717, 1.165) is 49.2 Å². The monoisotopic (exact) mass is 529 g/mol. The summed E-state index contributed by atoms with van der Waals surface area (Å²) in [7, 11) is 6.00. The predicted molar refractivity (Wildman–Crippen MR) is 145 cm³/mol. The Balaban J connectivity index is 1.80. The van der Waals surface area contributed by atoms with Crippen LogP contribution in [0.25, 0.3) is 11.0 Å². The molecule has 0 aliphatic rings. The topological polar surface area (TPSA) is 113 Å². The summed E-state index contributed by atoms with van der Waals surface area (Å²) in [4.78, 5) is 37.8. The number of aryl methyl sites for hydroxylation is 2. The largest absolute Gasteiger partial charge is 0.382 e. The SMILES string of the molecule is CCn1c(CNC(=O)c2nc(Cl)cnc2N)[n+](CC)c2ccc(C(=O)N(C)CCCCCN(C)C)cc21. The molecule has 2 amide bonds. The molecule has 2 heterocycles. The van der Waals surface area contributed by atoms with E-state index >= 15 is 0 Å². The highest BCUT2D eigenvalue weighted by molar-refractivity contribution is 6.29. The molecule has 3 aromatic rings. The molecule has 0 spiro atoms. The van der Waals surface area contributed by atoms with Crippen LogP contribution in [0.4, 0.5) is 5.82 Å². The van der Waals surface area contributed by atoms with E-state index in [4.69, 9.17) is 17.3 Å². The number of nitrogens with two attached hydrogens (primary N) is 1. The lowest BCUT2D eigenvalue weighted by molar-refractivity contribution is -0.676. The second kappa shape index (κ2) is 12.8. The van der Waals surface area contributed by atoms with Crippen molar-refractivity contribution in [1.82, 2.24) is 29.7 Å². The smallest absolute Gasteiger partial charge is 0.277 e. The number of unbranched alkanes of at least 4 members (excludes halogenated alkanes) is 2. The molecule has 1 aromatic carbocycles. The fraction of sp³-hybridized carbons (Fsp3) is 0.500. The van der Waals surface area contributed by atoms with Gasteiger partial charge in [-0.15, -0.1) is 0 Å². The summed E-state index contributed by atoms with van der Waals surface area (Å²) in [6.07, 6.45) is 4.49.